The fourth-order valence-electron chi connectivity index (χ4n) is 4.12. The standard InChI is InChI=1S/C19H16N2O5/c1-9(2)24-17(23)14-10(3)25-19-12-7-5-4-6-11(12)15(22)18(14,19)13(8-20)16(21)26-19/h4-7,9H,21H2,1-3H3/t18-,19+/m1/s1. The van der Waals surface area contributed by atoms with Crippen LogP contribution < -0.4 is 5.73 Å². The predicted octanol–water partition coefficient (Wildman–Crippen LogP) is 2.00. The molecule has 0 saturated heterocycles. The molecule has 0 amide bonds. The van der Waals surface area contributed by atoms with Crippen LogP contribution in [0.4, 0.5) is 0 Å². The van der Waals surface area contributed by atoms with Gasteiger partial charge in [0.1, 0.15) is 23.0 Å². The van der Waals surface area contributed by atoms with Crippen molar-refractivity contribution in [3.8, 4) is 6.07 Å². The van der Waals surface area contributed by atoms with Crippen LogP contribution in [0.5, 0.6) is 0 Å². The first kappa shape index (κ1) is 16.2. The van der Waals surface area contributed by atoms with Gasteiger partial charge in [0.25, 0.3) is 0 Å². The Hall–Kier alpha value is -3.27. The first-order valence-corrected chi connectivity index (χ1v) is 8.16. The van der Waals surface area contributed by atoms with Crippen molar-refractivity contribution in [2.24, 2.45) is 11.1 Å². The van der Waals surface area contributed by atoms with Crippen molar-refractivity contribution in [1.29, 1.82) is 5.26 Å². The number of Topliss-reactive ketones (excluding diaryl/α,β-unsaturated/α-hetero) is 1. The highest BCUT2D eigenvalue weighted by molar-refractivity contribution is 6.16. The number of carbonyl (C=O) groups is 2. The van der Waals surface area contributed by atoms with Gasteiger partial charge in [0.15, 0.2) is 11.2 Å². The molecule has 2 aliphatic heterocycles. The number of fused-ring (bicyclic) bond motifs is 1. The van der Waals surface area contributed by atoms with Gasteiger partial charge in [0, 0.05) is 11.1 Å². The number of ether oxygens (including phenoxy) is 3. The van der Waals surface area contributed by atoms with Gasteiger partial charge in [0.05, 0.1) is 6.10 Å². The summed E-state index contributed by atoms with van der Waals surface area (Å²) in [6.45, 7) is 4.94. The molecule has 1 aliphatic carbocycles. The molecule has 0 fully saturated rings. The van der Waals surface area contributed by atoms with E-state index in [1.807, 2.05) is 6.07 Å². The molecule has 0 saturated carbocycles. The molecule has 4 rings (SSSR count). The molecule has 0 unspecified atom stereocenters. The van der Waals surface area contributed by atoms with Crippen LogP contribution in [0.3, 0.4) is 0 Å². The maximum absolute atomic E-state index is 13.5. The first-order valence-electron chi connectivity index (χ1n) is 8.16. The number of nitriles is 1. The number of nitrogens with two attached hydrogens (primary N) is 1. The number of carbonyl (C=O) groups excluding carboxylic acids is 2. The maximum Gasteiger partial charge on any atom is 0.339 e. The van der Waals surface area contributed by atoms with Gasteiger partial charge in [-0.2, -0.15) is 5.26 Å². The molecule has 0 radical (unpaired) electrons. The lowest BCUT2D eigenvalue weighted by Crippen LogP contribution is -2.45. The second-order valence-electron chi connectivity index (χ2n) is 6.68. The maximum atomic E-state index is 13.5. The summed E-state index contributed by atoms with van der Waals surface area (Å²) in [6.07, 6.45) is -0.415. The van der Waals surface area contributed by atoms with Gasteiger partial charge in [-0.25, -0.2) is 4.79 Å². The zero-order valence-corrected chi connectivity index (χ0v) is 14.5. The summed E-state index contributed by atoms with van der Waals surface area (Å²) in [5.74, 6) is -2.92. The van der Waals surface area contributed by atoms with Crippen LogP contribution in [0, 0.1) is 16.7 Å². The van der Waals surface area contributed by atoms with Crippen molar-refractivity contribution >= 4 is 11.8 Å². The van der Waals surface area contributed by atoms with Crippen molar-refractivity contribution in [3.05, 3.63) is 58.2 Å². The number of hydrogen-bond donors (Lipinski definition) is 1. The summed E-state index contributed by atoms with van der Waals surface area (Å²) in [6, 6.07) is 8.66. The molecule has 0 bridgehead atoms. The normalized spacial score (nSPS) is 28.3. The molecule has 1 aromatic rings. The van der Waals surface area contributed by atoms with E-state index in [2.05, 4.69) is 0 Å². The molecule has 0 aromatic heterocycles. The molecule has 0 spiro atoms. The topological polar surface area (TPSA) is 112 Å². The number of rotatable bonds is 2. The van der Waals surface area contributed by atoms with Gasteiger partial charge in [-0.3, -0.25) is 4.79 Å². The highest BCUT2D eigenvalue weighted by Crippen LogP contribution is 2.69. The lowest BCUT2D eigenvalue weighted by atomic mass is 9.69. The lowest BCUT2D eigenvalue weighted by Gasteiger charge is -2.31. The molecule has 7 heteroatoms. The lowest BCUT2D eigenvalue weighted by molar-refractivity contribution is -0.199. The minimum absolute atomic E-state index is 0.0376. The minimum atomic E-state index is -1.79. The van der Waals surface area contributed by atoms with Gasteiger partial charge in [-0.1, -0.05) is 24.3 Å². The van der Waals surface area contributed by atoms with E-state index in [9.17, 15) is 14.9 Å². The Morgan fingerprint density at radius 1 is 1.31 bits per heavy atom. The zero-order chi connectivity index (χ0) is 18.9. The molecule has 26 heavy (non-hydrogen) atoms. The van der Waals surface area contributed by atoms with Crippen molar-refractivity contribution in [3.63, 3.8) is 0 Å². The SMILES string of the molecule is CC1=C(C(=O)OC(C)C)[C@]23C(=O)c4ccccc4[C@]2(O1)OC(N)=C3C#N. The van der Waals surface area contributed by atoms with Gasteiger partial charge < -0.3 is 19.9 Å². The fourth-order valence-corrected chi connectivity index (χ4v) is 4.12. The van der Waals surface area contributed by atoms with Crippen LogP contribution in [0.25, 0.3) is 0 Å². The number of ketones is 1. The summed E-state index contributed by atoms with van der Waals surface area (Å²) in [5, 5.41) is 9.74. The Morgan fingerprint density at radius 2 is 2.00 bits per heavy atom. The van der Waals surface area contributed by atoms with Crippen molar-refractivity contribution in [2.45, 2.75) is 32.7 Å². The van der Waals surface area contributed by atoms with Gasteiger partial charge in [0.2, 0.25) is 5.88 Å². The second kappa shape index (κ2) is 4.88. The van der Waals surface area contributed by atoms with Crippen molar-refractivity contribution in [2.75, 3.05) is 0 Å². The quantitative estimate of drug-likeness (QED) is 0.810. The molecule has 7 nitrogen and oxygen atoms in total. The molecule has 2 atom stereocenters. The van der Waals surface area contributed by atoms with Gasteiger partial charge in [-0.05, 0) is 20.8 Å². The molecular formula is C19H16N2O5. The number of allylic oxidation sites excluding steroid dienone is 1. The molecule has 3 aliphatic rings. The third-order valence-electron chi connectivity index (χ3n) is 4.92. The van der Waals surface area contributed by atoms with Crippen LogP contribution in [-0.2, 0) is 24.8 Å². The Kier molecular flexibility index (Phi) is 3.04. The molecule has 2 N–H and O–H groups in total. The Bertz CT molecular complexity index is 984. The monoisotopic (exact) mass is 352 g/mol. The van der Waals surface area contributed by atoms with Crippen LogP contribution in [0.2, 0.25) is 0 Å². The van der Waals surface area contributed by atoms with Crippen LogP contribution in [-0.4, -0.2) is 17.9 Å². The third-order valence-corrected chi connectivity index (χ3v) is 4.92. The number of benzene rings is 1. The van der Waals surface area contributed by atoms with E-state index in [4.69, 9.17) is 19.9 Å². The van der Waals surface area contributed by atoms with E-state index < -0.39 is 29.1 Å². The third kappa shape index (κ3) is 1.53. The predicted molar refractivity (Wildman–Crippen MR) is 87.8 cm³/mol. The van der Waals surface area contributed by atoms with Crippen LogP contribution in [0.15, 0.2) is 47.1 Å². The Morgan fingerprint density at radius 3 is 2.65 bits per heavy atom. The van der Waals surface area contributed by atoms with Crippen molar-refractivity contribution < 1.29 is 23.8 Å². The fraction of sp³-hybridized carbons (Fsp3) is 0.316. The second-order valence-corrected chi connectivity index (χ2v) is 6.68. The number of hydrogen-bond acceptors (Lipinski definition) is 7. The van der Waals surface area contributed by atoms with Gasteiger partial charge in [-0.15, -0.1) is 0 Å². The summed E-state index contributed by atoms with van der Waals surface area (Å²) in [5.41, 5.74) is 4.72. The Balaban J connectivity index is 2.05. The van der Waals surface area contributed by atoms with E-state index >= 15 is 0 Å². The smallest absolute Gasteiger partial charge is 0.339 e. The van der Waals surface area contributed by atoms with Crippen LogP contribution >= 0.6 is 0 Å². The molecular weight excluding hydrogens is 336 g/mol. The summed E-state index contributed by atoms with van der Waals surface area (Å²) in [7, 11) is 0. The molecule has 1 aromatic carbocycles. The van der Waals surface area contributed by atoms with E-state index in [-0.39, 0.29) is 22.8 Å². The van der Waals surface area contributed by atoms with E-state index in [1.54, 1.807) is 45.0 Å². The van der Waals surface area contributed by atoms with E-state index in [1.165, 1.54) is 0 Å². The summed E-state index contributed by atoms with van der Waals surface area (Å²) in [4.78, 5) is 26.4. The molecule has 2 heterocycles. The molecule has 132 valence electrons. The number of esters is 1. The summed E-state index contributed by atoms with van der Waals surface area (Å²) < 4.78 is 17.1. The Labute approximate surface area is 149 Å². The highest BCUT2D eigenvalue weighted by atomic mass is 16.7. The largest absolute Gasteiger partial charge is 0.459 e. The van der Waals surface area contributed by atoms with Gasteiger partial charge >= 0.3 is 11.8 Å². The van der Waals surface area contributed by atoms with Crippen molar-refractivity contribution in [1.82, 2.24) is 0 Å². The van der Waals surface area contributed by atoms with E-state index in [0.717, 1.165) is 0 Å². The average molecular weight is 352 g/mol. The highest BCUT2D eigenvalue weighted by Gasteiger charge is 2.80. The van der Waals surface area contributed by atoms with Crippen LogP contribution in [0.1, 0.15) is 36.7 Å². The van der Waals surface area contributed by atoms with E-state index in [0.29, 0.717) is 11.1 Å². The zero-order valence-electron chi connectivity index (χ0n) is 14.5. The first-order chi connectivity index (χ1) is 12.3. The summed E-state index contributed by atoms with van der Waals surface area (Å²) >= 11 is 0. The average Bonchev–Trinajstić information content (AvgIpc) is 3.04. The number of nitrogens with zero attached hydrogens (tertiary/aromatic N) is 1. The minimum Gasteiger partial charge on any atom is -0.459 e.